The summed E-state index contributed by atoms with van der Waals surface area (Å²) >= 11 is 5.42. The summed E-state index contributed by atoms with van der Waals surface area (Å²) in [6, 6.07) is 0.629. The average molecular weight is 306 g/mol. The summed E-state index contributed by atoms with van der Waals surface area (Å²) in [5.41, 5.74) is -1.01. The molecule has 0 fully saturated rings. The number of carbonyl (C=O) groups is 2. The van der Waals surface area contributed by atoms with Gasteiger partial charge in [0.1, 0.15) is 34.6 Å². The van der Waals surface area contributed by atoms with Crippen molar-refractivity contribution in [3.05, 3.63) is 34.4 Å². The molecule has 0 aliphatic carbocycles. The lowest BCUT2D eigenvalue weighted by Crippen LogP contribution is -2.35. The summed E-state index contributed by atoms with van der Waals surface area (Å²) in [5.74, 6) is -2.05. The maximum absolute atomic E-state index is 13.8. The number of nitrogens with one attached hydrogen (secondary N) is 1. The highest BCUT2D eigenvalue weighted by Gasteiger charge is 2.24. The summed E-state index contributed by atoms with van der Waals surface area (Å²) < 4.78 is 31.8. The average Bonchev–Trinajstić information content (AvgIpc) is 2.32. The Morgan fingerprint density at radius 3 is 2.50 bits per heavy atom. The first kappa shape index (κ1) is 16.4. The number of hydrogen-bond acceptors (Lipinski definition) is 3. The van der Waals surface area contributed by atoms with Crippen LogP contribution in [0.1, 0.15) is 32.4 Å². The molecular formula is C13H14ClF2NO3. The number of ether oxygens (including phenoxy) is 1. The van der Waals surface area contributed by atoms with Crippen molar-refractivity contribution < 1.29 is 23.1 Å². The van der Waals surface area contributed by atoms with E-state index in [0.717, 1.165) is 12.1 Å². The summed E-state index contributed by atoms with van der Waals surface area (Å²) in [7, 11) is 0. The van der Waals surface area contributed by atoms with Crippen molar-refractivity contribution in [2.75, 3.05) is 0 Å². The number of carbonyl (C=O) groups excluding carboxylic acids is 2. The van der Waals surface area contributed by atoms with Crippen LogP contribution in [0.15, 0.2) is 12.1 Å². The van der Waals surface area contributed by atoms with E-state index in [2.05, 4.69) is 5.32 Å². The Morgan fingerprint density at radius 2 is 2.00 bits per heavy atom. The zero-order chi connectivity index (χ0) is 15.5. The molecular weight excluding hydrogens is 292 g/mol. The molecule has 1 unspecified atom stereocenters. The van der Waals surface area contributed by atoms with Crippen LogP contribution in [0.4, 0.5) is 13.6 Å². The molecule has 0 radical (unpaired) electrons. The molecule has 1 amide bonds. The van der Waals surface area contributed by atoms with Gasteiger partial charge in [0.05, 0.1) is 0 Å². The first-order valence-corrected chi connectivity index (χ1v) is 6.11. The minimum Gasteiger partial charge on any atom is -0.444 e. The molecule has 0 aliphatic heterocycles. The SMILES string of the molecule is CC(C)(C)OC(=O)NC(C=O)c1ccc(F)c(Cl)c1F. The Bertz CT molecular complexity index is 529. The Morgan fingerprint density at radius 1 is 1.40 bits per heavy atom. The van der Waals surface area contributed by atoms with Crippen molar-refractivity contribution >= 4 is 24.0 Å². The minimum absolute atomic E-state index is 0.239. The van der Waals surface area contributed by atoms with Crippen molar-refractivity contribution in [2.24, 2.45) is 0 Å². The van der Waals surface area contributed by atoms with Crippen LogP contribution in [0.2, 0.25) is 5.02 Å². The van der Waals surface area contributed by atoms with E-state index in [9.17, 15) is 18.4 Å². The molecule has 0 saturated heterocycles. The summed E-state index contributed by atoms with van der Waals surface area (Å²) in [6.07, 6.45) is -0.592. The van der Waals surface area contributed by atoms with Gasteiger partial charge in [-0.2, -0.15) is 0 Å². The van der Waals surface area contributed by atoms with E-state index in [0.29, 0.717) is 6.29 Å². The van der Waals surface area contributed by atoms with Crippen LogP contribution in [-0.4, -0.2) is 18.0 Å². The van der Waals surface area contributed by atoms with E-state index in [1.807, 2.05) is 0 Å². The third kappa shape index (κ3) is 4.16. The number of halogens is 3. The molecule has 1 aromatic carbocycles. The zero-order valence-electron chi connectivity index (χ0n) is 11.2. The predicted molar refractivity (Wildman–Crippen MR) is 69.5 cm³/mol. The van der Waals surface area contributed by atoms with Crippen molar-refractivity contribution in [3.8, 4) is 0 Å². The Labute approximate surface area is 120 Å². The van der Waals surface area contributed by atoms with Gasteiger partial charge < -0.3 is 14.8 Å². The van der Waals surface area contributed by atoms with E-state index in [4.69, 9.17) is 16.3 Å². The first-order chi connectivity index (χ1) is 9.15. The molecule has 20 heavy (non-hydrogen) atoms. The Balaban J connectivity index is 2.95. The third-order valence-corrected chi connectivity index (χ3v) is 2.55. The summed E-state index contributed by atoms with van der Waals surface area (Å²) in [5, 5.41) is 1.44. The van der Waals surface area contributed by atoms with Gasteiger partial charge >= 0.3 is 6.09 Å². The highest BCUT2D eigenvalue weighted by molar-refractivity contribution is 6.31. The van der Waals surface area contributed by atoms with Crippen LogP contribution in [0.3, 0.4) is 0 Å². The van der Waals surface area contributed by atoms with Gasteiger partial charge in [-0.15, -0.1) is 0 Å². The van der Waals surface area contributed by atoms with E-state index < -0.39 is 34.4 Å². The second kappa shape index (κ2) is 6.17. The van der Waals surface area contributed by atoms with Crippen molar-refractivity contribution in [1.82, 2.24) is 5.32 Å². The van der Waals surface area contributed by atoms with Gasteiger partial charge in [0.25, 0.3) is 0 Å². The van der Waals surface area contributed by atoms with Crippen LogP contribution in [-0.2, 0) is 9.53 Å². The number of alkyl carbamates (subject to hydrolysis) is 1. The van der Waals surface area contributed by atoms with Crippen molar-refractivity contribution in [2.45, 2.75) is 32.4 Å². The third-order valence-electron chi connectivity index (χ3n) is 2.21. The summed E-state index contributed by atoms with van der Waals surface area (Å²) in [6.45, 7) is 4.91. The maximum atomic E-state index is 13.8. The second-order valence-electron chi connectivity index (χ2n) is 5.02. The van der Waals surface area contributed by atoms with Crippen LogP contribution in [0.5, 0.6) is 0 Å². The fraction of sp³-hybridized carbons (Fsp3) is 0.385. The topological polar surface area (TPSA) is 55.4 Å². The number of rotatable bonds is 3. The van der Waals surface area contributed by atoms with Crippen LogP contribution in [0.25, 0.3) is 0 Å². The molecule has 110 valence electrons. The molecule has 0 spiro atoms. The van der Waals surface area contributed by atoms with Crippen molar-refractivity contribution in [1.29, 1.82) is 0 Å². The lowest BCUT2D eigenvalue weighted by molar-refractivity contribution is -0.109. The molecule has 7 heteroatoms. The molecule has 4 nitrogen and oxygen atoms in total. The van der Waals surface area contributed by atoms with Gasteiger partial charge in [-0.25, -0.2) is 13.6 Å². The fourth-order valence-electron chi connectivity index (χ4n) is 1.40. The van der Waals surface area contributed by atoms with Gasteiger partial charge in [-0.3, -0.25) is 0 Å². The first-order valence-electron chi connectivity index (χ1n) is 5.74. The molecule has 0 heterocycles. The van der Waals surface area contributed by atoms with E-state index in [1.165, 1.54) is 0 Å². The van der Waals surface area contributed by atoms with Crippen LogP contribution in [0, 0.1) is 11.6 Å². The van der Waals surface area contributed by atoms with Crippen LogP contribution < -0.4 is 5.32 Å². The second-order valence-corrected chi connectivity index (χ2v) is 5.40. The standard InChI is InChI=1S/C13H14ClF2NO3/c1-13(2,3)20-12(19)17-9(6-18)7-4-5-8(15)10(14)11(7)16/h4-6,9H,1-3H3,(H,17,19). The smallest absolute Gasteiger partial charge is 0.408 e. The Hall–Kier alpha value is -1.69. The molecule has 0 saturated carbocycles. The van der Waals surface area contributed by atoms with Gasteiger partial charge in [-0.1, -0.05) is 17.7 Å². The van der Waals surface area contributed by atoms with Gasteiger partial charge in [-0.05, 0) is 26.8 Å². The molecule has 1 aromatic rings. The van der Waals surface area contributed by atoms with Gasteiger partial charge in [0.15, 0.2) is 0 Å². The monoisotopic (exact) mass is 305 g/mol. The molecule has 0 aromatic heterocycles. The fourth-order valence-corrected chi connectivity index (χ4v) is 1.57. The van der Waals surface area contributed by atoms with E-state index >= 15 is 0 Å². The molecule has 1 rings (SSSR count). The highest BCUT2D eigenvalue weighted by atomic mass is 35.5. The molecule has 1 atom stereocenters. The quantitative estimate of drug-likeness (QED) is 0.688. The van der Waals surface area contributed by atoms with Crippen molar-refractivity contribution in [3.63, 3.8) is 0 Å². The summed E-state index contributed by atoms with van der Waals surface area (Å²) in [4.78, 5) is 22.5. The number of benzene rings is 1. The lowest BCUT2D eigenvalue weighted by Gasteiger charge is -2.22. The van der Waals surface area contributed by atoms with E-state index in [-0.39, 0.29) is 5.56 Å². The largest absolute Gasteiger partial charge is 0.444 e. The van der Waals surface area contributed by atoms with Gasteiger partial charge in [0.2, 0.25) is 0 Å². The molecule has 1 N–H and O–H groups in total. The highest BCUT2D eigenvalue weighted by Crippen LogP contribution is 2.25. The lowest BCUT2D eigenvalue weighted by atomic mass is 10.1. The van der Waals surface area contributed by atoms with Crippen LogP contribution >= 0.6 is 11.6 Å². The van der Waals surface area contributed by atoms with E-state index in [1.54, 1.807) is 20.8 Å². The molecule has 0 aliphatic rings. The number of amides is 1. The normalized spacial score (nSPS) is 12.7. The molecule has 0 bridgehead atoms. The minimum atomic E-state index is -1.32. The number of aldehydes is 1. The van der Waals surface area contributed by atoms with Gasteiger partial charge in [0, 0.05) is 5.56 Å². The predicted octanol–water partition coefficient (Wildman–Crippen LogP) is 3.38. The number of hydrogen-bond donors (Lipinski definition) is 1. The maximum Gasteiger partial charge on any atom is 0.408 e. The Kier molecular flexibility index (Phi) is 5.05. The zero-order valence-corrected chi connectivity index (χ0v) is 11.9.